The Balaban J connectivity index is 1.44. The zero-order valence-corrected chi connectivity index (χ0v) is 24.3. The minimum atomic E-state index is -0.381. The van der Waals surface area contributed by atoms with Crippen molar-refractivity contribution < 1.29 is 9.59 Å². The zero-order chi connectivity index (χ0) is 28.3. The Kier molecular flexibility index (Phi) is 8.19. The van der Waals surface area contributed by atoms with E-state index in [1.165, 1.54) is 11.3 Å². The summed E-state index contributed by atoms with van der Waals surface area (Å²) in [6, 6.07) is 19.2. The Labute approximate surface area is 240 Å². The monoisotopic (exact) mass is 555 g/mol. The van der Waals surface area contributed by atoms with Gasteiger partial charge in [0.05, 0.1) is 17.3 Å². The van der Waals surface area contributed by atoms with Crippen LogP contribution in [0.1, 0.15) is 66.7 Å². The summed E-state index contributed by atoms with van der Waals surface area (Å²) < 4.78 is 1.77. The Morgan fingerprint density at radius 1 is 1.02 bits per heavy atom. The highest BCUT2D eigenvalue weighted by Crippen LogP contribution is 2.38. The maximum absolute atomic E-state index is 13.8. The van der Waals surface area contributed by atoms with Crippen LogP contribution in [0.25, 0.3) is 5.69 Å². The number of benzene rings is 2. The normalized spacial score (nSPS) is 15.0. The molecule has 0 spiro atoms. The molecule has 8 heteroatoms. The molecular weight excluding hydrogens is 518 g/mol. The number of para-hydroxylation sites is 1. The van der Waals surface area contributed by atoms with E-state index in [-0.39, 0.29) is 29.1 Å². The van der Waals surface area contributed by atoms with Crippen molar-refractivity contribution in [3.63, 3.8) is 0 Å². The van der Waals surface area contributed by atoms with Crippen LogP contribution in [-0.4, -0.2) is 34.7 Å². The van der Waals surface area contributed by atoms with Gasteiger partial charge in [-0.05, 0) is 74.0 Å². The topological polar surface area (TPSA) is 88.1 Å². The van der Waals surface area contributed by atoms with E-state index in [1.54, 1.807) is 4.68 Å². The molecule has 1 aliphatic rings. The molecule has 3 N–H and O–H groups in total. The maximum Gasteiger partial charge on any atom is 0.324 e. The summed E-state index contributed by atoms with van der Waals surface area (Å²) >= 11 is 1.53. The number of aromatic nitrogens is 2. The number of hydrogen-bond acceptors (Lipinski definition) is 5. The van der Waals surface area contributed by atoms with Gasteiger partial charge in [0.1, 0.15) is 5.82 Å². The molecule has 208 valence electrons. The number of piperidine rings is 1. The lowest BCUT2D eigenvalue weighted by molar-refractivity contribution is 0.0917. The summed E-state index contributed by atoms with van der Waals surface area (Å²) in [6.07, 6.45) is 1.82. The smallest absolute Gasteiger partial charge is 0.317 e. The van der Waals surface area contributed by atoms with E-state index in [0.29, 0.717) is 11.5 Å². The minimum Gasteiger partial charge on any atom is -0.317 e. The van der Waals surface area contributed by atoms with E-state index in [9.17, 15) is 9.59 Å². The highest BCUT2D eigenvalue weighted by Gasteiger charge is 2.33. The highest BCUT2D eigenvalue weighted by molar-refractivity contribution is 7.08. The lowest BCUT2D eigenvalue weighted by Gasteiger charge is -2.31. The van der Waals surface area contributed by atoms with Crippen molar-refractivity contribution in [2.75, 3.05) is 23.7 Å². The van der Waals surface area contributed by atoms with Gasteiger partial charge < -0.3 is 10.6 Å². The van der Waals surface area contributed by atoms with E-state index in [1.807, 2.05) is 78.3 Å². The van der Waals surface area contributed by atoms with Crippen LogP contribution in [0.3, 0.4) is 0 Å². The molecule has 1 atom stereocenters. The number of aryl methyl sites for hydroxylation is 1. The first-order valence-electron chi connectivity index (χ1n) is 13.8. The number of carbonyl (C=O) groups excluding carboxylic acids is 2. The first-order valence-corrected chi connectivity index (χ1v) is 14.8. The van der Waals surface area contributed by atoms with Gasteiger partial charge in [-0.3, -0.25) is 10.1 Å². The summed E-state index contributed by atoms with van der Waals surface area (Å²) in [7, 11) is 0. The van der Waals surface area contributed by atoms with Gasteiger partial charge in [0.2, 0.25) is 0 Å². The van der Waals surface area contributed by atoms with Crippen LogP contribution in [0.4, 0.5) is 16.3 Å². The SMILES string of the molecule is Cc1ccc(-n2nc(C(C)(C)C)cc2NC(=O)Nc2ccccc2C(C(=O)c2ccsc2)C2CCNCC2)cc1. The van der Waals surface area contributed by atoms with Crippen LogP contribution >= 0.6 is 11.3 Å². The van der Waals surface area contributed by atoms with Crippen molar-refractivity contribution in [2.45, 2.75) is 51.9 Å². The largest absolute Gasteiger partial charge is 0.324 e. The predicted molar refractivity (Wildman–Crippen MR) is 163 cm³/mol. The van der Waals surface area contributed by atoms with Gasteiger partial charge in [-0.1, -0.05) is 56.7 Å². The van der Waals surface area contributed by atoms with Crippen LogP contribution in [0, 0.1) is 12.8 Å². The number of hydrogen-bond donors (Lipinski definition) is 3. The molecule has 1 aliphatic heterocycles. The van der Waals surface area contributed by atoms with E-state index >= 15 is 0 Å². The van der Waals surface area contributed by atoms with Crippen molar-refractivity contribution >= 4 is 34.7 Å². The van der Waals surface area contributed by atoms with E-state index in [4.69, 9.17) is 5.10 Å². The number of rotatable bonds is 7. The number of amides is 2. The Bertz CT molecular complexity index is 1460. The molecule has 40 heavy (non-hydrogen) atoms. The first-order chi connectivity index (χ1) is 19.2. The lowest BCUT2D eigenvalue weighted by Crippen LogP contribution is -2.34. The van der Waals surface area contributed by atoms with Crippen molar-refractivity contribution in [1.82, 2.24) is 15.1 Å². The van der Waals surface area contributed by atoms with Crippen LogP contribution in [0.5, 0.6) is 0 Å². The van der Waals surface area contributed by atoms with Crippen LogP contribution in [0.15, 0.2) is 71.4 Å². The molecule has 3 heterocycles. The molecule has 2 amide bonds. The molecule has 1 fully saturated rings. The molecule has 1 saturated heterocycles. The summed E-state index contributed by atoms with van der Waals surface area (Å²) in [4.78, 5) is 27.3. The van der Waals surface area contributed by atoms with E-state index < -0.39 is 0 Å². The van der Waals surface area contributed by atoms with Gasteiger partial charge in [-0.15, -0.1) is 0 Å². The predicted octanol–water partition coefficient (Wildman–Crippen LogP) is 7.15. The van der Waals surface area contributed by atoms with Gasteiger partial charge in [0, 0.05) is 28.1 Å². The average molecular weight is 556 g/mol. The molecule has 1 unspecified atom stereocenters. The Hall–Kier alpha value is -3.75. The molecule has 2 aromatic heterocycles. The van der Waals surface area contributed by atoms with Crippen molar-refractivity contribution in [3.8, 4) is 5.69 Å². The third kappa shape index (κ3) is 6.18. The molecule has 0 bridgehead atoms. The van der Waals surface area contributed by atoms with Gasteiger partial charge >= 0.3 is 6.03 Å². The van der Waals surface area contributed by atoms with Crippen LogP contribution in [-0.2, 0) is 5.41 Å². The zero-order valence-electron chi connectivity index (χ0n) is 23.5. The fourth-order valence-corrected chi connectivity index (χ4v) is 5.89. The number of carbonyl (C=O) groups is 2. The lowest BCUT2D eigenvalue weighted by atomic mass is 9.76. The Morgan fingerprint density at radius 3 is 2.42 bits per heavy atom. The number of nitrogens with zero attached hydrogens (tertiary/aromatic N) is 2. The number of anilines is 2. The minimum absolute atomic E-state index is 0.107. The second kappa shape index (κ2) is 11.8. The quantitative estimate of drug-likeness (QED) is 0.211. The maximum atomic E-state index is 13.8. The highest BCUT2D eigenvalue weighted by atomic mass is 32.1. The van der Waals surface area contributed by atoms with Gasteiger partial charge in [-0.25, -0.2) is 9.48 Å². The number of nitrogens with one attached hydrogen (secondary N) is 3. The fraction of sp³-hybridized carbons (Fsp3) is 0.344. The van der Waals surface area contributed by atoms with Gasteiger partial charge in [0.25, 0.3) is 0 Å². The summed E-state index contributed by atoms with van der Waals surface area (Å²) in [5.74, 6) is 0.541. The van der Waals surface area contributed by atoms with Crippen LogP contribution < -0.4 is 16.0 Å². The van der Waals surface area contributed by atoms with Crippen LogP contribution in [0.2, 0.25) is 0 Å². The molecule has 2 aromatic carbocycles. The summed E-state index contributed by atoms with van der Waals surface area (Å²) in [5, 5.41) is 18.2. The van der Waals surface area contributed by atoms with Crippen molar-refractivity contribution in [1.29, 1.82) is 0 Å². The van der Waals surface area contributed by atoms with Gasteiger partial charge in [-0.2, -0.15) is 16.4 Å². The van der Waals surface area contributed by atoms with E-state index in [2.05, 4.69) is 36.7 Å². The third-order valence-corrected chi connectivity index (χ3v) is 8.17. The number of thiophene rings is 1. The summed E-state index contributed by atoms with van der Waals surface area (Å²) in [5.41, 5.74) is 4.91. The average Bonchev–Trinajstić information content (AvgIpc) is 3.62. The molecule has 0 radical (unpaired) electrons. The molecule has 7 nitrogen and oxygen atoms in total. The fourth-order valence-electron chi connectivity index (χ4n) is 5.24. The standard InChI is InChI=1S/C32H37N5O2S/c1-21-9-11-24(12-10-21)37-28(19-27(36-37)32(2,3)4)35-31(39)34-26-8-6-5-7-25(26)29(22-13-16-33-17-14-22)30(38)23-15-18-40-20-23/h5-12,15,18-20,22,29,33H,13-14,16-17H2,1-4H3,(H2,34,35,39). The van der Waals surface area contributed by atoms with E-state index in [0.717, 1.165) is 54.0 Å². The second-order valence-electron chi connectivity index (χ2n) is 11.5. The van der Waals surface area contributed by atoms with Crippen molar-refractivity contribution in [2.24, 2.45) is 5.92 Å². The molecule has 0 saturated carbocycles. The Morgan fingerprint density at radius 2 is 1.75 bits per heavy atom. The first kappa shape index (κ1) is 27.8. The third-order valence-electron chi connectivity index (χ3n) is 7.49. The molecule has 5 rings (SSSR count). The second-order valence-corrected chi connectivity index (χ2v) is 12.3. The molecule has 0 aliphatic carbocycles. The number of Topliss-reactive ketones (excluding diaryl/α,β-unsaturated/α-hetero) is 1. The van der Waals surface area contributed by atoms with Gasteiger partial charge in [0.15, 0.2) is 5.78 Å². The summed E-state index contributed by atoms with van der Waals surface area (Å²) in [6.45, 7) is 10.1. The van der Waals surface area contributed by atoms with Crippen molar-refractivity contribution in [3.05, 3.63) is 93.8 Å². The molecular formula is C32H37N5O2S. The molecule has 4 aromatic rings. The number of urea groups is 1. The number of ketones is 1.